The molecule has 2 saturated heterocycles. The van der Waals surface area contributed by atoms with Crippen LogP contribution in [0, 0.1) is 16.7 Å². The van der Waals surface area contributed by atoms with E-state index in [9.17, 15) is 10.1 Å². The predicted molar refractivity (Wildman–Crippen MR) is 110 cm³/mol. The van der Waals surface area contributed by atoms with E-state index in [0.29, 0.717) is 0 Å². The summed E-state index contributed by atoms with van der Waals surface area (Å²) < 4.78 is 0. The Morgan fingerprint density at radius 2 is 1.75 bits per heavy atom. The van der Waals surface area contributed by atoms with Gasteiger partial charge in [0.05, 0.1) is 17.6 Å². The molecule has 28 heavy (non-hydrogen) atoms. The zero-order valence-electron chi connectivity index (χ0n) is 16.5. The Hall–Kier alpha value is -2.64. The van der Waals surface area contributed by atoms with Crippen LogP contribution < -0.4 is 0 Å². The fourth-order valence-corrected chi connectivity index (χ4v) is 4.93. The third-order valence-electron chi connectivity index (χ3n) is 6.53. The summed E-state index contributed by atoms with van der Waals surface area (Å²) >= 11 is 0. The van der Waals surface area contributed by atoms with Crippen LogP contribution in [-0.4, -0.2) is 42.4 Å². The van der Waals surface area contributed by atoms with Crippen molar-refractivity contribution in [3.8, 4) is 6.07 Å². The highest BCUT2D eigenvalue weighted by Crippen LogP contribution is 2.45. The number of nitrogens with zero attached hydrogens (tertiary/aromatic N) is 3. The van der Waals surface area contributed by atoms with Crippen molar-refractivity contribution in [1.82, 2.24) is 9.80 Å². The van der Waals surface area contributed by atoms with Gasteiger partial charge in [0.25, 0.3) is 0 Å². The van der Waals surface area contributed by atoms with Gasteiger partial charge in [0.15, 0.2) is 0 Å². The monoisotopic (exact) mass is 373 g/mol. The summed E-state index contributed by atoms with van der Waals surface area (Å²) in [7, 11) is 1.95. The number of nitriles is 1. The van der Waals surface area contributed by atoms with Crippen molar-refractivity contribution in [2.24, 2.45) is 5.41 Å². The van der Waals surface area contributed by atoms with E-state index in [0.717, 1.165) is 62.1 Å². The second kappa shape index (κ2) is 7.77. The van der Waals surface area contributed by atoms with Crippen LogP contribution >= 0.6 is 0 Å². The molecule has 0 radical (unpaired) electrons. The summed E-state index contributed by atoms with van der Waals surface area (Å²) in [5, 5.41) is 9.33. The number of rotatable bonds is 3. The maximum absolute atomic E-state index is 12.8. The maximum Gasteiger partial charge on any atom is 0.229 e. The van der Waals surface area contributed by atoms with Gasteiger partial charge in [-0.15, -0.1) is 0 Å². The van der Waals surface area contributed by atoms with Crippen LogP contribution in [-0.2, 0) is 11.3 Å². The minimum absolute atomic E-state index is 0.0224. The Morgan fingerprint density at radius 3 is 2.46 bits per heavy atom. The highest BCUT2D eigenvalue weighted by Gasteiger charge is 2.44. The molecule has 0 aliphatic carbocycles. The predicted octanol–water partition coefficient (Wildman–Crippen LogP) is 3.79. The molecule has 2 fully saturated rings. The topological polar surface area (TPSA) is 47.3 Å². The summed E-state index contributed by atoms with van der Waals surface area (Å²) in [5.74, 6) is 0.230. The molecule has 1 atom stereocenters. The molecule has 2 aromatic rings. The first-order chi connectivity index (χ1) is 13.6. The van der Waals surface area contributed by atoms with Crippen molar-refractivity contribution in [2.75, 3.05) is 26.7 Å². The number of amides is 1. The number of hydrogen-bond donors (Lipinski definition) is 0. The molecule has 144 valence electrons. The van der Waals surface area contributed by atoms with Crippen LogP contribution in [0.3, 0.4) is 0 Å². The lowest BCUT2D eigenvalue weighted by Gasteiger charge is -2.49. The molecule has 0 unspecified atom stereocenters. The van der Waals surface area contributed by atoms with E-state index < -0.39 is 0 Å². The fraction of sp³-hybridized carbons (Fsp3) is 0.417. The fourth-order valence-electron chi connectivity index (χ4n) is 4.93. The normalized spacial score (nSPS) is 22.2. The number of benzene rings is 2. The van der Waals surface area contributed by atoms with E-state index in [1.165, 1.54) is 0 Å². The number of piperidine rings is 2. The van der Waals surface area contributed by atoms with E-state index >= 15 is 0 Å². The molecule has 2 aromatic carbocycles. The highest BCUT2D eigenvalue weighted by molar-refractivity contribution is 5.84. The molecule has 0 N–H and O–H groups in total. The zero-order valence-corrected chi connectivity index (χ0v) is 16.5. The lowest BCUT2D eigenvalue weighted by Crippen LogP contribution is -2.52. The molecule has 0 aromatic heterocycles. The molecule has 2 aliphatic rings. The Morgan fingerprint density at radius 1 is 1.07 bits per heavy atom. The van der Waals surface area contributed by atoms with Gasteiger partial charge in [0.2, 0.25) is 5.91 Å². The summed E-state index contributed by atoms with van der Waals surface area (Å²) in [4.78, 5) is 17.2. The Balaban J connectivity index is 1.46. The first-order valence-corrected chi connectivity index (χ1v) is 10.1. The second-order valence-electron chi connectivity index (χ2n) is 8.41. The van der Waals surface area contributed by atoms with E-state index in [1.54, 1.807) is 0 Å². The third-order valence-corrected chi connectivity index (χ3v) is 6.53. The van der Waals surface area contributed by atoms with Gasteiger partial charge >= 0.3 is 0 Å². The van der Waals surface area contributed by atoms with Gasteiger partial charge in [-0.05, 0) is 55.0 Å². The molecule has 2 heterocycles. The Bertz CT molecular complexity index is 878. The van der Waals surface area contributed by atoms with Crippen molar-refractivity contribution >= 4 is 5.91 Å². The van der Waals surface area contributed by atoms with Gasteiger partial charge in [0, 0.05) is 20.1 Å². The first kappa shape index (κ1) is 18.7. The van der Waals surface area contributed by atoms with Gasteiger partial charge in [-0.25, -0.2) is 0 Å². The molecule has 4 rings (SSSR count). The van der Waals surface area contributed by atoms with Crippen molar-refractivity contribution in [1.29, 1.82) is 5.26 Å². The van der Waals surface area contributed by atoms with Crippen molar-refractivity contribution in [3.63, 3.8) is 0 Å². The SMILES string of the molecule is CN1CC2(CCN(Cc3ccccc3C#N)CC2)C[C@H](c2ccccc2)C1=O. The Labute approximate surface area is 167 Å². The summed E-state index contributed by atoms with van der Waals surface area (Å²) in [6, 6.07) is 20.4. The lowest BCUT2D eigenvalue weighted by atomic mass is 9.67. The van der Waals surface area contributed by atoms with Gasteiger partial charge in [-0.1, -0.05) is 48.5 Å². The number of hydrogen-bond acceptors (Lipinski definition) is 3. The van der Waals surface area contributed by atoms with Gasteiger partial charge < -0.3 is 4.90 Å². The van der Waals surface area contributed by atoms with Gasteiger partial charge in [-0.2, -0.15) is 5.26 Å². The first-order valence-electron chi connectivity index (χ1n) is 10.1. The average molecular weight is 374 g/mol. The van der Waals surface area contributed by atoms with Crippen LogP contribution in [0.15, 0.2) is 54.6 Å². The molecule has 4 heteroatoms. The largest absolute Gasteiger partial charge is 0.345 e. The Kier molecular flexibility index (Phi) is 5.19. The van der Waals surface area contributed by atoms with Crippen LogP contribution in [0.1, 0.15) is 41.9 Å². The van der Waals surface area contributed by atoms with Crippen molar-refractivity contribution in [3.05, 3.63) is 71.3 Å². The van der Waals surface area contributed by atoms with Crippen LogP contribution in [0.25, 0.3) is 0 Å². The third kappa shape index (κ3) is 3.68. The number of carbonyl (C=O) groups excluding carboxylic acids is 1. The van der Waals surface area contributed by atoms with E-state index in [1.807, 2.05) is 48.3 Å². The van der Waals surface area contributed by atoms with Gasteiger partial charge in [-0.3, -0.25) is 9.69 Å². The zero-order chi connectivity index (χ0) is 19.6. The minimum atomic E-state index is -0.0224. The molecule has 4 nitrogen and oxygen atoms in total. The summed E-state index contributed by atoms with van der Waals surface area (Å²) in [5.41, 5.74) is 3.23. The number of carbonyl (C=O) groups is 1. The number of likely N-dealkylation sites (N-methyl/N-ethyl adjacent to an activating group) is 1. The van der Waals surface area contributed by atoms with Gasteiger partial charge in [0.1, 0.15) is 0 Å². The quantitative estimate of drug-likeness (QED) is 0.822. The van der Waals surface area contributed by atoms with Crippen molar-refractivity contribution < 1.29 is 4.79 Å². The molecule has 0 saturated carbocycles. The highest BCUT2D eigenvalue weighted by atomic mass is 16.2. The maximum atomic E-state index is 12.8. The molecule has 1 amide bonds. The second-order valence-corrected chi connectivity index (χ2v) is 8.41. The summed E-state index contributed by atoms with van der Waals surface area (Å²) in [6.45, 7) is 3.72. The van der Waals surface area contributed by atoms with E-state index in [2.05, 4.69) is 29.2 Å². The smallest absolute Gasteiger partial charge is 0.229 e. The standard InChI is InChI=1S/C24H27N3O/c1-26-18-24(15-22(23(26)28)19-7-3-2-4-8-19)11-13-27(14-12-24)17-21-10-6-5-9-20(21)16-25/h2-10,22H,11-15,17-18H2,1H3/t22-/m1/s1. The molecule has 1 spiro atoms. The molecular formula is C24H27N3O. The minimum Gasteiger partial charge on any atom is -0.345 e. The van der Waals surface area contributed by atoms with E-state index in [-0.39, 0.29) is 17.2 Å². The molecular weight excluding hydrogens is 346 g/mol. The van der Waals surface area contributed by atoms with Crippen molar-refractivity contribution in [2.45, 2.75) is 31.7 Å². The lowest BCUT2D eigenvalue weighted by molar-refractivity contribution is -0.139. The van der Waals surface area contributed by atoms with Crippen LogP contribution in [0.2, 0.25) is 0 Å². The molecule has 2 aliphatic heterocycles. The molecule has 0 bridgehead atoms. The van der Waals surface area contributed by atoms with Crippen LogP contribution in [0.5, 0.6) is 0 Å². The number of likely N-dealkylation sites (tertiary alicyclic amines) is 2. The summed E-state index contributed by atoms with van der Waals surface area (Å²) in [6.07, 6.45) is 3.15. The van der Waals surface area contributed by atoms with E-state index in [4.69, 9.17) is 0 Å². The van der Waals surface area contributed by atoms with Crippen LogP contribution in [0.4, 0.5) is 0 Å². The average Bonchev–Trinajstić information content (AvgIpc) is 2.74.